The van der Waals surface area contributed by atoms with Crippen LogP contribution in [0.4, 0.5) is 13.2 Å². The minimum atomic E-state index is -4.44. The van der Waals surface area contributed by atoms with E-state index < -0.39 is 24.5 Å². The van der Waals surface area contributed by atoms with Crippen molar-refractivity contribution in [2.75, 3.05) is 20.6 Å². The van der Waals surface area contributed by atoms with Crippen molar-refractivity contribution in [3.05, 3.63) is 0 Å². The van der Waals surface area contributed by atoms with Crippen molar-refractivity contribution in [3.8, 4) is 0 Å². The van der Waals surface area contributed by atoms with Gasteiger partial charge in [-0.05, 0) is 14.1 Å². The van der Waals surface area contributed by atoms with Gasteiger partial charge in [0.2, 0.25) is 0 Å². The van der Waals surface area contributed by atoms with Gasteiger partial charge in [0.15, 0.2) is 0 Å². The standard InChI is InChI=1S/C7H12F3NO2/c1-11(2)4-5(3-6(12)13)7(8,9)10/h5H,3-4H2,1-2H3,(H,12,13). The van der Waals surface area contributed by atoms with E-state index in [0.717, 1.165) is 0 Å². The Bertz CT molecular complexity index is 179. The van der Waals surface area contributed by atoms with Crippen LogP contribution in [0.3, 0.4) is 0 Å². The van der Waals surface area contributed by atoms with Gasteiger partial charge in [0, 0.05) is 6.54 Å². The Labute approximate surface area is 74.1 Å². The van der Waals surface area contributed by atoms with Crippen LogP contribution < -0.4 is 0 Å². The zero-order valence-electron chi connectivity index (χ0n) is 7.43. The Kier molecular flexibility index (Phi) is 4.19. The second-order valence-corrected chi connectivity index (χ2v) is 3.10. The number of carbonyl (C=O) groups is 1. The van der Waals surface area contributed by atoms with Gasteiger partial charge in [0.25, 0.3) is 0 Å². The molecule has 0 heterocycles. The summed E-state index contributed by atoms with van der Waals surface area (Å²) in [6, 6.07) is 0. The Balaban J connectivity index is 4.28. The summed E-state index contributed by atoms with van der Waals surface area (Å²) < 4.78 is 36.5. The molecule has 0 aliphatic heterocycles. The van der Waals surface area contributed by atoms with Crippen LogP contribution in [0.15, 0.2) is 0 Å². The topological polar surface area (TPSA) is 40.5 Å². The molecule has 0 aromatic rings. The predicted octanol–water partition coefficient (Wildman–Crippen LogP) is 1.20. The van der Waals surface area contributed by atoms with E-state index in [0.29, 0.717) is 0 Å². The highest BCUT2D eigenvalue weighted by atomic mass is 19.4. The first-order valence-corrected chi connectivity index (χ1v) is 3.66. The van der Waals surface area contributed by atoms with E-state index in [1.807, 2.05) is 0 Å². The van der Waals surface area contributed by atoms with Gasteiger partial charge in [0.1, 0.15) is 0 Å². The molecule has 0 bridgehead atoms. The molecule has 0 aliphatic carbocycles. The van der Waals surface area contributed by atoms with Gasteiger partial charge in [-0.3, -0.25) is 4.79 Å². The van der Waals surface area contributed by atoms with Crippen LogP contribution in [-0.4, -0.2) is 42.8 Å². The Morgan fingerprint density at radius 3 is 2.15 bits per heavy atom. The number of alkyl halides is 3. The number of aliphatic carboxylic acids is 1. The molecule has 1 atom stereocenters. The third kappa shape index (κ3) is 5.46. The first-order valence-electron chi connectivity index (χ1n) is 3.66. The fraction of sp³-hybridized carbons (Fsp3) is 0.857. The number of carboxylic acid groups (broad SMARTS) is 1. The SMILES string of the molecule is CN(C)CC(CC(=O)O)C(F)(F)F. The number of hydrogen-bond donors (Lipinski definition) is 1. The molecule has 0 saturated carbocycles. The summed E-state index contributed by atoms with van der Waals surface area (Å²) in [6.07, 6.45) is -5.32. The van der Waals surface area contributed by atoms with Crippen molar-refractivity contribution >= 4 is 5.97 Å². The fourth-order valence-electron chi connectivity index (χ4n) is 0.935. The maximum absolute atomic E-state index is 12.2. The number of nitrogens with zero attached hydrogens (tertiary/aromatic N) is 1. The van der Waals surface area contributed by atoms with Crippen LogP contribution >= 0.6 is 0 Å². The molecule has 1 N–H and O–H groups in total. The zero-order chi connectivity index (χ0) is 10.6. The van der Waals surface area contributed by atoms with Crippen molar-refractivity contribution in [1.29, 1.82) is 0 Å². The Morgan fingerprint density at radius 1 is 1.46 bits per heavy atom. The molecule has 0 spiro atoms. The van der Waals surface area contributed by atoms with Crippen LogP contribution in [0.1, 0.15) is 6.42 Å². The maximum atomic E-state index is 12.2. The van der Waals surface area contributed by atoms with E-state index in [1.165, 1.54) is 19.0 Å². The highest BCUT2D eigenvalue weighted by Gasteiger charge is 2.40. The molecule has 3 nitrogen and oxygen atoms in total. The summed E-state index contributed by atoms with van der Waals surface area (Å²) >= 11 is 0. The molecule has 6 heteroatoms. The maximum Gasteiger partial charge on any atom is 0.393 e. The van der Waals surface area contributed by atoms with Crippen LogP contribution in [0.25, 0.3) is 0 Å². The van der Waals surface area contributed by atoms with E-state index in [1.54, 1.807) is 0 Å². The van der Waals surface area contributed by atoms with Crippen molar-refractivity contribution in [2.45, 2.75) is 12.6 Å². The zero-order valence-corrected chi connectivity index (χ0v) is 7.43. The lowest BCUT2D eigenvalue weighted by molar-refractivity contribution is -0.185. The first kappa shape index (κ1) is 12.2. The summed E-state index contributed by atoms with van der Waals surface area (Å²) in [7, 11) is 2.95. The molecule has 0 fully saturated rings. The van der Waals surface area contributed by atoms with Crippen molar-refractivity contribution < 1.29 is 23.1 Å². The molecule has 1 unspecified atom stereocenters. The fourth-order valence-corrected chi connectivity index (χ4v) is 0.935. The van der Waals surface area contributed by atoms with E-state index in [9.17, 15) is 18.0 Å². The molecule has 0 aliphatic rings. The summed E-state index contributed by atoms with van der Waals surface area (Å²) in [5.74, 6) is -3.22. The normalized spacial score (nSPS) is 14.6. The largest absolute Gasteiger partial charge is 0.481 e. The number of rotatable bonds is 4. The lowest BCUT2D eigenvalue weighted by Gasteiger charge is -2.21. The second-order valence-electron chi connectivity index (χ2n) is 3.10. The quantitative estimate of drug-likeness (QED) is 0.739. The molecular formula is C7H12F3NO2. The van der Waals surface area contributed by atoms with E-state index in [-0.39, 0.29) is 6.54 Å². The number of halogens is 3. The monoisotopic (exact) mass is 199 g/mol. The van der Waals surface area contributed by atoms with E-state index in [4.69, 9.17) is 5.11 Å². The minimum absolute atomic E-state index is 0.296. The second kappa shape index (κ2) is 4.45. The molecule has 0 radical (unpaired) electrons. The molecule has 0 rings (SSSR count). The number of hydrogen-bond acceptors (Lipinski definition) is 2. The average Bonchev–Trinajstić information content (AvgIpc) is 1.81. The van der Waals surface area contributed by atoms with Gasteiger partial charge in [-0.25, -0.2) is 0 Å². The van der Waals surface area contributed by atoms with Gasteiger partial charge in [-0.15, -0.1) is 0 Å². The van der Waals surface area contributed by atoms with Crippen LogP contribution in [0.2, 0.25) is 0 Å². The molecule has 13 heavy (non-hydrogen) atoms. The molecule has 0 aromatic carbocycles. The Morgan fingerprint density at radius 2 is 1.92 bits per heavy atom. The average molecular weight is 199 g/mol. The van der Waals surface area contributed by atoms with Gasteiger partial charge in [0.05, 0.1) is 12.3 Å². The highest BCUT2D eigenvalue weighted by molar-refractivity contribution is 5.67. The third-order valence-electron chi connectivity index (χ3n) is 1.47. The van der Waals surface area contributed by atoms with Gasteiger partial charge >= 0.3 is 12.1 Å². The van der Waals surface area contributed by atoms with Crippen LogP contribution in [0.5, 0.6) is 0 Å². The predicted molar refractivity (Wildman–Crippen MR) is 40.4 cm³/mol. The molecule has 0 amide bonds. The first-order chi connectivity index (χ1) is 5.73. The molecule has 78 valence electrons. The van der Waals surface area contributed by atoms with Crippen LogP contribution in [-0.2, 0) is 4.79 Å². The minimum Gasteiger partial charge on any atom is -0.481 e. The van der Waals surface area contributed by atoms with Crippen molar-refractivity contribution in [2.24, 2.45) is 5.92 Å². The van der Waals surface area contributed by atoms with Crippen LogP contribution in [0, 0.1) is 5.92 Å². The van der Waals surface area contributed by atoms with Gasteiger partial charge in [-0.1, -0.05) is 0 Å². The van der Waals surface area contributed by atoms with Crippen molar-refractivity contribution in [3.63, 3.8) is 0 Å². The van der Waals surface area contributed by atoms with E-state index in [2.05, 4.69) is 0 Å². The molecule has 0 saturated heterocycles. The number of carboxylic acids is 1. The summed E-state index contributed by atoms with van der Waals surface area (Å²) in [4.78, 5) is 11.4. The lowest BCUT2D eigenvalue weighted by Crippen LogP contribution is -2.34. The molecular weight excluding hydrogens is 187 g/mol. The summed E-state index contributed by atoms with van der Waals surface area (Å²) in [6.45, 7) is -0.296. The summed E-state index contributed by atoms with van der Waals surface area (Å²) in [5, 5.41) is 8.24. The smallest absolute Gasteiger partial charge is 0.393 e. The van der Waals surface area contributed by atoms with Gasteiger partial charge in [-0.2, -0.15) is 13.2 Å². The Hall–Kier alpha value is -0.780. The molecule has 0 aromatic heterocycles. The highest BCUT2D eigenvalue weighted by Crippen LogP contribution is 2.29. The van der Waals surface area contributed by atoms with Crippen molar-refractivity contribution in [1.82, 2.24) is 4.90 Å². The third-order valence-corrected chi connectivity index (χ3v) is 1.47. The lowest BCUT2D eigenvalue weighted by atomic mass is 10.1. The van der Waals surface area contributed by atoms with Gasteiger partial charge < -0.3 is 10.0 Å². The summed E-state index contributed by atoms with van der Waals surface area (Å²) in [5.41, 5.74) is 0. The van der Waals surface area contributed by atoms with E-state index >= 15 is 0 Å².